The molecule has 0 N–H and O–H groups in total. The number of sulfonamides is 1. The van der Waals surface area contributed by atoms with Crippen molar-refractivity contribution in [2.75, 3.05) is 24.6 Å². The highest BCUT2D eigenvalue weighted by atomic mass is 35.5. The SMILES string of the molecule is CCOC(=O)CN(c1cc(C)ccc1C)S(=O)(=O)c1ccc(OC)c(Cl)c1. The number of halogens is 1. The minimum atomic E-state index is -4.06. The summed E-state index contributed by atoms with van der Waals surface area (Å²) in [6.45, 7) is 5.02. The molecule has 8 heteroatoms. The van der Waals surface area contributed by atoms with Crippen LogP contribution in [0, 0.1) is 13.8 Å². The van der Waals surface area contributed by atoms with Gasteiger partial charge in [-0.15, -0.1) is 0 Å². The number of ether oxygens (including phenoxy) is 2. The lowest BCUT2D eigenvalue weighted by molar-refractivity contribution is -0.141. The highest BCUT2D eigenvalue weighted by Gasteiger charge is 2.29. The van der Waals surface area contributed by atoms with Crippen molar-refractivity contribution in [1.82, 2.24) is 0 Å². The molecule has 0 saturated carbocycles. The molecular weight excluding hydrogens is 390 g/mol. The van der Waals surface area contributed by atoms with Crippen LogP contribution >= 0.6 is 11.6 Å². The molecular formula is C19H22ClNO5S. The van der Waals surface area contributed by atoms with E-state index in [1.165, 1.54) is 25.3 Å². The van der Waals surface area contributed by atoms with E-state index in [0.29, 0.717) is 17.0 Å². The number of methoxy groups -OCH3 is 1. The summed E-state index contributed by atoms with van der Waals surface area (Å²) in [7, 11) is -2.62. The molecule has 0 heterocycles. The highest BCUT2D eigenvalue weighted by molar-refractivity contribution is 7.92. The molecule has 0 aliphatic rings. The number of hydrogen-bond donors (Lipinski definition) is 0. The van der Waals surface area contributed by atoms with Crippen LogP contribution in [0.1, 0.15) is 18.1 Å². The molecule has 0 radical (unpaired) electrons. The van der Waals surface area contributed by atoms with Gasteiger partial charge in [0.1, 0.15) is 12.3 Å². The van der Waals surface area contributed by atoms with Crippen LogP contribution in [-0.2, 0) is 19.6 Å². The van der Waals surface area contributed by atoms with Crippen molar-refractivity contribution in [1.29, 1.82) is 0 Å². The van der Waals surface area contributed by atoms with Crippen molar-refractivity contribution in [3.63, 3.8) is 0 Å². The van der Waals surface area contributed by atoms with Gasteiger partial charge in [-0.2, -0.15) is 0 Å². The molecule has 0 amide bonds. The lowest BCUT2D eigenvalue weighted by Crippen LogP contribution is -2.37. The fraction of sp³-hybridized carbons (Fsp3) is 0.316. The van der Waals surface area contributed by atoms with Gasteiger partial charge < -0.3 is 9.47 Å². The van der Waals surface area contributed by atoms with E-state index in [-0.39, 0.29) is 16.5 Å². The molecule has 2 aromatic rings. The first-order chi connectivity index (χ1) is 12.7. The number of rotatable bonds is 7. The fourth-order valence-corrected chi connectivity index (χ4v) is 4.36. The van der Waals surface area contributed by atoms with Gasteiger partial charge in [-0.25, -0.2) is 8.42 Å². The predicted octanol–water partition coefficient (Wildman–Crippen LogP) is 3.72. The van der Waals surface area contributed by atoms with Gasteiger partial charge in [0, 0.05) is 0 Å². The average Bonchev–Trinajstić information content (AvgIpc) is 2.62. The van der Waals surface area contributed by atoms with Gasteiger partial charge in [-0.3, -0.25) is 9.10 Å². The van der Waals surface area contributed by atoms with E-state index in [4.69, 9.17) is 21.1 Å². The maximum Gasteiger partial charge on any atom is 0.326 e. The fourth-order valence-electron chi connectivity index (χ4n) is 2.55. The van der Waals surface area contributed by atoms with E-state index in [1.54, 1.807) is 26.0 Å². The maximum atomic E-state index is 13.3. The normalized spacial score (nSPS) is 11.1. The zero-order chi connectivity index (χ0) is 20.2. The molecule has 0 aromatic heterocycles. The minimum Gasteiger partial charge on any atom is -0.495 e. The van der Waals surface area contributed by atoms with E-state index in [1.807, 2.05) is 13.0 Å². The molecule has 0 fully saturated rings. The summed E-state index contributed by atoms with van der Waals surface area (Å²) in [4.78, 5) is 12.1. The zero-order valence-electron chi connectivity index (χ0n) is 15.7. The summed E-state index contributed by atoms with van der Waals surface area (Å²) >= 11 is 6.10. The number of hydrogen-bond acceptors (Lipinski definition) is 5. The van der Waals surface area contributed by atoms with Gasteiger partial charge >= 0.3 is 5.97 Å². The number of carbonyl (C=O) groups excluding carboxylic acids is 1. The summed E-state index contributed by atoms with van der Waals surface area (Å²) in [6, 6.07) is 9.57. The van der Waals surface area contributed by atoms with Crippen molar-refractivity contribution >= 4 is 33.3 Å². The summed E-state index contributed by atoms with van der Waals surface area (Å²) in [5.41, 5.74) is 2.00. The Hall–Kier alpha value is -2.25. The number of carbonyl (C=O) groups is 1. The van der Waals surface area contributed by atoms with Crippen molar-refractivity contribution in [2.24, 2.45) is 0 Å². The number of aryl methyl sites for hydroxylation is 2. The zero-order valence-corrected chi connectivity index (χ0v) is 17.2. The first kappa shape index (κ1) is 21.1. The minimum absolute atomic E-state index is 0.0431. The Bertz CT molecular complexity index is 943. The van der Waals surface area contributed by atoms with Crippen LogP contribution in [0.3, 0.4) is 0 Å². The van der Waals surface area contributed by atoms with E-state index in [2.05, 4.69) is 0 Å². The van der Waals surface area contributed by atoms with Crippen LogP contribution in [0.4, 0.5) is 5.69 Å². The molecule has 0 spiro atoms. The van der Waals surface area contributed by atoms with Crippen LogP contribution in [0.15, 0.2) is 41.3 Å². The molecule has 0 aliphatic carbocycles. The van der Waals surface area contributed by atoms with Crippen molar-refractivity contribution in [3.8, 4) is 5.75 Å². The number of benzene rings is 2. The molecule has 0 bridgehead atoms. The Kier molecular flexibility index (Phi) is 6.73. The lowest BCUT2D eigenvalue weighted by Gasteiger charge is -2.25. The number of nitrogens with zero attached hydrogens (tertiary/aromatic N) is 1. The van der Waals surface area contributed by atoms with Crippen LogP contribution in [0.5, 0.6) is 5.75 Å². The van der Waals surface area contributed by atoms with E-state index < -0.39 is 22.5 Å². The molecule has 27 heavy (non-hydrogen) atoms. The molecule has 2 rings (SSSR count). The monoisotopic (exact) mass is 411 g/mol. The third kappa shape index (κ3) is 4.73. The molecule has 0 aliphatic heterocycles. The largest absolute Gasteiger partial charge is 0.495 e. The second kappa shape index (κ2) is 8.63. The smallest absolute Gasteiger partial charge is 0.326 e. The van der Waals surface area contributed by atoms with E-state index in [9.17, 15) is 13.2 Å². The average molecular weight is 412 g/mol. The third-order valence-electron chi connectivity index (χ3n) is 3.92. The van der Waals surface area contributed by atoms with Crippen molar-refractivity contribution in [3.05, 3.63) is 52.5 Å². The summed E-state index contributed by atoms with van der Waals surface area (Å²) in [5.74, 6) is -0.277. The Morgan fingerprint density at radius 3 is 2.44 bits per heavy atom. The first-order valence-corrected chi connectivity index (χ1v) is 10.1. The molecule has 0 saturated heterocycles. The van der Waals surface area contributed by atoms with Crippen LogP contribution in [0.2, 0.25) is 5.02 Å². The topological polar surface area (TPSA) is 72.9 Å². The third-order valence-corrected chi connectivity index (χ3v) is 5.97. The van der Waals surface area contributed by atoms with Crippen molar-refractivity contribution in [2.45, 2.75) is 25.7 Å². The van der Waals surface area contributed by atoms with E-state index in [0.717, 1.165) is 9.87 Å². The second-order valence-corrected chi connectivity index (χ2v) is 8.17. The van der Waals surface area contributed by atoms with E-state index >= 15 is 0 Å². The summed E-state index contributed by atoms with van der Waals surface area (Å²) in [5, 5.41) is 0.163. The molecule has 0 atom stereocenters. The molecule has 6 nitrogen and oxygen atoms in total. The standard InChI is InChI=1S/C19H22ClNO5S/c1-5-26-19(22)12-21(17-10-13(2)6-7-14(17)3)27(23,24)15-8-9-18(25-4)16(20)11-15/h6-11H,5,12H2,1-4H3. The number of anilines is 1. The molecule has 2 aromatic carbocycles. The Morgan fingerprint density at radius 1 is 1.15 bits per heavy atom. The van der Waals surface area contributed by atoms with Gasteiger partial charge in [-0.05, 0) is 56.2 Å². The Labute approximate surface area is 164 Å². The van der Waals surface area contributed by atoms with Crippen LogP contribution in [0.25, 0.3) is 0 Å². The van der Waals surface area contributed by atoms with Crippen molar-refractivity contribution < 1.29 is 22.7 Å². The second-order valence-electron chi connectivity index (χ2n) is 5.90. The molecule has 0 unspecified atom stereocenters. The predicted molar refractivity (Wildman–Crippen MR) is 105 cm³/mol. The number of esters is 1. The first-order valence-electron chi connectivity index (χ1n) is 8.29. The Balaban J connectivity index is 2.59. The van der Waals surface area contributed by atoms with Gasteiger partial charge in [0.05, 0.1) is 29.3 Å². The Morgan fingerprint density at radius 2 is 1.85 bits per heavy atom. The van der Waals surface area contributed by atoms with Gasteiger partial charge in [0.2, 0.25) is 0 Å². The quantitative estimate of drug-likeness (QED) is 0.649. The highest BCUT2D eigenvalue weighted by Crippen LogP contribution is 2.32. The van der Waals surface area contributed by atoms with Gasteiger partial charge in [0.25, 0.3) is 10.0 Å². The van der Waals surface area contributed by atoms with Gasteiger partial charge in [0.15, 0.2) is 0 Å². The lowest BCUT2D eigenvalue weighted by atomic mass is 10.1. The van der Waals surface area contributed by atoms with Crippen LogP contribution in [-0.4, -0.2) is 34.6 Å². The summed E-state index contributed by atoms with van der Waals surface area (Å²) in [6.07, 6.45) is 0. The molecule has 146 valence electrons. The maximum absolute atomic E-state index is 13.3. The summed E-state index contributed by atoms with van der Waals surface area (Å²) < 4.78 is 37.7. The van der Waals surface area contributed by atoms with Gasteiger partial charge in [-0.1, -0.05) is 23.7 Å². The van der Waals surface area contributed by atoms with Crippen LogP contribution < -0.4 is 9.04 Å².